The Kier molecular flexibility index (Phi) is 5.73. The molecule has 1 atom stereocenters. The molecule has 1 aliphatic carbocycles. The maximum atomic E-state index is 11.2. The van der Waals surface area contributed by atoms with Crippen molar-refractivity contribution in [3.63, 3.8) is 0 Å². The minimum atomic E-state index is -0.356. The molecule has 1 aliphatic rings. The summed E-state index contributed by atoms with van der Waals surface area (Å²) in [5.74, 6) is -0.356. The van der Waals surface area contributed by atoms with Crippen LogP contribution in [0.5, 0.6) is 0 Å². The number of nitrogens with two attached hydrogens (primary N) is 1. The lowest BCUT2D eigenvalue weighted by atomic mass is 9.89. The van der Waals surface area contributed by atoms with Gasteiger partial charge in [-0.1, -0.05) is 0 Å². The van der Waals surface area contributed by atoms with Crippen molar-refractivity contribution in [1.29, 1.82) is 5.53 Å². The molecule has 0 aromatic heterocycles. The summed E-state index contributed by atoms with van der Waals surface area (Å²) in [5.41, 5.74) is 13.8. The maximum absolute atomic E-state index is 11.2. The molecule has 0 aliphatic heterocycles. The minimum Gasteiger partial charge on any atom is -0.465 e. The van der Waals surface area contributed by atoms with Crippen LogP contribution in [-0.4, -0.2) is 30.9 Å². The lowest BCUT2D eigenvalue weighted by Gasteiger charge is -2.19. The van der Waals surface area contributed by atoms with Gasteiger partial charge in [0.05, 0.1) is 6.61 Å². The molecule has 7 heteroatoms. The quantitative estimate of drug-likeness (QED) is 0.440. The van der Waals surface area contributed by atoms with Crippen molar-refractivity contribution in [2.45, 2.75) is 32.2 Å². The number of hydrogen-bond acceptors (Lipinski definition) is 6. The van der Waals surface area contributed by atoms with E-state index < -0.39 is 0 Å². The van der Waals surface area contributed by atoms with Gasteiger partial charge in [-0.05, 0) is 26.2 Å². The van der Waals surface area contributed by atoms with E-state index in [1.807, 2.05) is 0 Å². The molecule has 0 bridgehead atoms. The van der Waals surface area contributed by atoms with Crippen LogP contribution in [0.25, 0.3) is 0 Å². The summed E-state index contributed by atoms with van der Waals surface area (Å²) in [6.45, 7) is 2.09. The fraction of sp³-hybridized carbons (Fsp3) is 0.636. The first kappa shape index (κ1) is 14.1. The zero-order valence-electron chi connectivity index (χ0n) is 10.4. The number of esters is 1. The Hall–Kier alpha value is -2.01. The second kappa shape index (κ2) is 7.34. The molecule has 98 valence electrons. The van der Waals surface area contributed by atoms with Gasteiger partial charge in [-0.15, -0.1) is 0 Å². The summed E-state index contributed by atoms with van der Waals surface area (Å²) >= 11 is 0. The van der Waals surface area contributed by atoms with Crippen molar-refractivity contribution in [3.05, 3.63) is 11.8 Å². The monoisotopic (exact) mass is 252 g/mol. The average molecular weight is 252 g/mol. The van der Waals surface area contributed by atoms with Gasteiger partial charge < -0.3 is 10.5 Å². The first-order chi connectivity index (χ1) is 8.72. The Morgan fingerprint density at radius 2 is 2.50 bits per heavy atom. The highest BCUT2D eigenvalue weighted by molar-refractivity contribution is 6.02. The van der Waals surface area contributed by atoms with Crippen LogP contribution in [-0.2, 0) is 9.53 Å². The van der Waals surface area contributed by atoms with Crippen LogP contribution in [0.15, 0.2) is 21.9 Å². The molecule has 1 saturated carbocycles. The molecule has 1 fully saturated rings. The third-order valence-corrected chi connectivity index (χ3v) is 2.66. The fourth-order valence-corrected chi connectivity index (χ4v) is 1.89. The molecule has 0 saturated heterocycles. The zero-order chi connectivity index (χ0) is 13.4. The second-order valence-electron chi connectivity index (χ2n) is 3.81. The van der Waals surface area contributed by atoms with E-state index in [1.54, 1.807) is 6.92 Å². The molecule has 0 aromatic carbocycles. The average Bonchev–Trinajstić information content (AvgIpc) is 2.37. The highest BCUT2D eigenvalue weighted by atomic mass is 16.5. The summed E-state index contributed by atoms with van der Waals surface area (Å²) in [5, 5.41) is 3.80. The number of hydrogen-bond donors (Lipinski definition) is 2. The lowest BCUT2D eigenvalue weighted by Crippen LogP contribution is -2.24. The van der Waals surface area contributed by atoms with Crippen molar-refractivity contribution in [2.24, 2.45) is 15.8 Å². The summed E-state index contributed by atoms with van der Waals surface area (Å²) in [6, 6.07) is -0.220. The normalized spacial score (nSPS) is 23.7. The smallest absolute Gasteiger partial charge is 0.327 e. The van der Waals surface area contributed by atoms with E-state index in [9.17, 15) is 4.79 Å². The molecule has 0 aromatic rings. The summed E-state index contributed by atoms with van der Waals surface area (Å²) in [4.78, 5) is 18.5. The van der Waals surface area contributed by atoms with Crippen LogP contribution >= 0.6 is 0 Å². The van der Waals surface area contributed by atoms with Crippen LogP contribution in [0.2, 0.25) is 0 Å². The third kappa shape index (κ3) is 3.78. The van der Waals surface area contributed by atoms with Gasteiger partial charge in [-0.2, -0.15) is 0 Å². The van der Waals surface area contributed by atoms with E-state index in [2.05, 4.69) is 15.0 Å². The first-order valence-corrected chi connectivity index (χ1v) is 5.90. The standard InChI is InChI=1S/C11H18N5O2/c1-2-18-11(17)7-14-9-4-3-5-10(15-16-13)8(9)6-12/h6,10,13H,2-5,7,12H2,1H3/q+1/t10-/m1/s1. The molecule has 0 amide bonds. The van der Waals surface area contributed by atoms with E-state index in [1.165, 1.54) is 6.20 Å². The Morgan fingerprint density at radius 1 is 1.72 bits per heavy atom. The van der Waals surface area contributed by atoms with Crippen LogP contribution in [0, 0.1) is 5.53 Å². The Balaban J connectivity index is 2.77. The van der Waals surface area contributed by atoms with Crippen LogP contribution in [0.1, 0.15) is 26.2 Å². The number of rotatable bonds is 4. The lowest BCUT2D eigenvalue weighted by molar-refractivity contribution is -0.141. The van der Waals surface area contributed by atoms with Crippen molar-refractivity contribution in [1.82, 2.24) is 4.91 Å². The molecule has 7 nitrogen and oxygen atoms in total. The first-order valence-electron chi connectivity index (χ1n) is 5.90. The van der Waals surface area contributed by atoms with Gasteiger partial charge in [0.1, 0.15) is 17.2 Å². The number of ether oxygens (including phenoxy) is 1. The van der Waals surface area contributed by atoms with E-state index in [0.717, 1.165) is 30.5 Å². The molecule has 18 heavy (non-hydrogen) atoms. The Bertz CT molecular complexity index is 410. The molecule has 0 unspecified atom stereocenters. The Morgan fingerprint density at radius 3 is 3.11 bits per heavy atom. The molecular formula is C11H18N5O2+. The van der Waals surface area contributed by atoms with Crippen molar-refractivity contribution in [2.75, 3.05) is 13.2 Å². The van der Waals surface area contributed by atoms with Crippen LogP contribution in [0.4, 0.5) is 0 Å². The second-order valence-corrected chi connectivity index (χ2v) is 3.81. The van der Waals surface area contributed by atoms with E-state index in [-0.39, 0.29) is 18.6 Å². The predicted molar refractivity (Wildman–Crippen MR) is 66.1 cm³/mol. The number of nitrogens with zero attached hydrogens (tertiary/aromatic N) is 3. The van der Waals surface area contributed by atoms with Crippen LogP contribution in [0.3, 0.4) is 0 Å². The van der Waals surface area contributed by atoms with Gasteiger partial charge in [0.25, 0.3) is 0 Å². The predicted octanol–water partition coefficient (Wildman–Crippen LogP) is 0.936. The largest absolute Gasteiger partial charge is 0.465 e. The number of carbonyl (C=O) groups excluding carboxylic acids is 1. The molecule has 0 spiro atoms. The Labute approximate surface area is 105 Å². The fourth-order valence-electron chi connectivity index (χ4n) is 1.89. The van der Waals surface area contributed by atoms with Gasteiger partial charge in [0.15, 0.2) is 6.04 Å². The number of aliphatic imine (C=N–C) groups is 1. The topological polar surface area (TPSA) is 115 Å². The van der Waals surface area contributed by atoms with Crippen molar-refractivity contribution < 1.29 is 9.53 Å². The van der Waals surface area contributed by atoms with Crippen molar-refractivity contribution in [3.8, 4) is 0 Å². The van der Waals surface area contributed by atoms with Crippen LogP contribution < -0.4 is 10.6 Å². The van der Waals surface area contributed by atoms with Gasteiger partial charge in [0, 0.05) is 17.5 Å². The number of nitrogens with one attached hydrogen (secondary N) is 1. The van der Waals surface area contributed by atoms with Gasteiger partial charge in [0.2, 0.25) is 4.91 Å². The summed E-state index contributed by atoms with van der Waals surface area (Å²) in [7, 11) is 0. The van der Waals surface area contributed by atoms with Gasteiger partial charge in [-0.3, -0.25) is 9.79 Å². The van der Waals surface area contributed by atoms with Gasteiger partial charge >= 0.3 is 5.97 Å². The zero-order valence-corrected chi connectivity index (χ0v) is 10.4. The highest BCUT2D eigenvalue weighted by Gasteiger charge is 2.27. The van der Waals surface area contributed by atoms with E-state index in [4.69, 9.17) is 16.0 Å². The SMILES string of the molecule is CCOC(=O)CN=C1CCC[C@@H](N=[N+]=N)C1=CN. The molecular weight excluding hydrogens is 234 g/mol. The number of carbonyl (C=O) groups is 1. The molecule has 0 radical (unpaired) electrons. The third-order valence-electron chi connectivity index (χ3n) is 2.66. The van der Waals surface area contributed by atoms with Gasteiger partial charge in [-0.25, -0.2) is 0 Å². The maximum Gasteiger partial charge on any atom is 0.327 e. The highest BCUT2D eigenvalue weighted by Crippen LogP contribution is 2.23. The minimum absolute atomic E-state index is 0.00868. The molecule has 0 heterocycles. The molecule has 3 N–H and O–H groups in total. The molecule has 1 rings (SSSR count). The van der Waals surface area contributed by atoms with E-state index in [0.29, 0.717) is 6.61 Å². The van der Waals surface area contributed by atoms with E-state index >= 15 is 0 Å². The summed E-state index contributed by atoms with van der Waals surface area (Å²) < 4.78 is 4.81. The van der Waals surface area contributed by atoms with Crippen molar-refractivity contribution >= 4 is 11.7 Å². The summed E-state index contributed by atoms with van der Waals surface area (Å²) in [6.07, 6.45) is 3.88.